The summed E-state index contributed by atoms with van der Waals surface area (Å²) in [4.78, 5) is 11.1. The predicted molar refractivity (Wildman–Crippen MR) is 49.2 cm³/mol. The van der Waals surface area contributed by atoms with Gasteiger partial charge in [-0.3, -0.25) is 4.79 Å². The fraction of sp³-hybridized carbons (Fsp3) is 0.100. The van der Waals surface area contributed by atoms with Crippen molar-refractivity contribution in [3.05, 3.63) is 34.9 Å². The summed E-state index contributed by atoms with van der Waals surface area (Å²) in [7, 11) is 0. The summed E-state index contributed by atoms with van der Waals surface area (Å²) in [6.07, 6.45) is 0. The fourth-order valence-electron chi connectivity index (χ4n) is 0.787. The van der Waals surface area contributed by atoms with Crippen molar-refractivity contribution >= 4 is 17.4 Å². The Morgan fingerprint density at radius 2 is 1.92 bits per heavy atom. The van der Waals surface area contributed by atoms with Crippen LogP contribution in [-0.4, -0.2) is 5.78 Å². The van der Waals surface area contributed by atoms with Gasteiger partial charge in [-0.25, -0.2) is 0 Å². The van der Waals surface area contributed by atoms with Gasteiger partial charge in [0.2, 0.25) is 5.78 Å². The van der Waals surface area contributed by atoms with Gasteiger partial charge in [0.1, 0.15) is 0 Å². The number of hydrogen-bond acceptors (Lipinski definition) is 1. The van der Waals surface area contributed by atoms with Crippen LogP contribution >= 0.6 is 11.6 Å². The van der Waals surface area contributed by atoms with Gasteiger partial charge in [-0.05, 0) is 37.1 Å². The summed E-state index contributed by atoms with van der Waals surface area (Å²) < 4.78 is 0. The van der Waals surface area contributed by atoms with Crippen molar-refractivity contribution in [1.82, 2.24) is 0 Å². The molecule has 0 radical (unpaired) electrons. The van der Waals surface area contributed by atoms with Crippen LogP contribution in [0.4, 0.5) is 0 Å². The lowest BCUT2D eigenvalue weighted by molar-refractivity contribution is 0.105. The van der Waals surface area contributed by atoms with Crippen LogP contribution in [0, 0.1) is 11.8 Å². The van der Waals surface area contributed by atoms with Gasteiger partial charge in [0, 0.05) is 10.6 Å². The number of carbonyl (C=O) groups excluding carboxylic acids is 1. The molecule has 0 N–H and O–H groups in total. The molecular formula is C10H7ClO. The van der Waals surface area contributed by atoms with Crippen LogP contribution in [0.3, 0.4) is 0 Å². The lowest BCUT2D eigenvalue weighted by Crippen LogP contribution is -1.93. The summed E-state index contributed by atoms with van der Waals surface area (Å²) in [6.45, 7) is 1.63. The Bertz CT molecular complexity index is 340. The third-order valence-corrected chi connectivity index (χ3v) is 1.60. The van der Waals surface area contributed by atoms with Gasteiger partial charge in [-0.1, -0.05) is 17.5 Å². The average Bonchev–Trinajstić information content (AvgIpc) is 2.06. The lowest BCUT2D eigenvalue weighted by atomic mass is 10.1. The van der Waals surface area contributed by atoms with Crippen LogP contribution in [0.5, 0.6) is 0 Å². The van der Waals surface area contributed by atoms with E-state index in [1.165, 1.54) is 0 Å². The Balaban J connectivity index is 2.95. The number of halogens is 1. The molecule has 0 aliphatic carbocycles. The Morgan fingerprint density at radius 3 is 2.42 bits per heavy atom. The minimum atomic E-state index is -0.172. The number of rotatable bonds is 1. The largest absolute Gasteiger partial charge is 0.279 e. The molecule has 60 valence electrons. The highest BCUT2D eigenvalue weighted by Gasteiger charge is 1.99. The number of benzene rings is 1. The molecule has 0 spiro atoms. The highest BCUT2D eigenvalue weighted by Crippen LogP contribution is 2.09. The van der Waals surface area contributed by atoms with Crippen molar-refractivity contribution in [3.8, 4) is 11.8 Å². The van der Waals surface area contributed by atoms with Crippen molar-refractivity contribution < 1.29 is 4.79 Å². The van der Waals surface area contributed by atoms with E-state index in [4.69, 9.17) is 11.6 Å². The summed E-state index contributed by atoms with van der Waals surface area (Å²) in [6, 6.07) is 6.67. The molecule has 0 saturated heterocycles. The van der Waals surface area contributed by atoms with Crippen LogP contribution in [0.15, 0.2) is 24.3 Å². The number of Topliss-reactive ketones (excluding diaryl/α,β-unsaturated/α-hetero) is 1. The Hall–Kier alpha value is -1.26. The first-order valence-electron chi connectivity index (χ1n) is 3.46. The van der Waals surface area contributed by atoms with E-state index in [2.05, 4.69) is 11.8 Å². The number of hydrogen-bond donors (Lipinski definition) is 0. The normalized spacial score (nSPS) is 8.50. The second kappa shape index (κ2) is 3.94. The molecule has 0 bridgehead atoms. The SMILES string of the molecule is CC#CC(=O)c1ccc(Cl)cc1. The topological polar surface area (TPSA) is 17.1 Å². The van der Waals surface area contributed by atoms with E-state index in [0.717, 1.165) is 0 Å². The molecule has 1 aromatic carbocycles. The van der Waals surface area contributed by atoms with Crippen LogP contribution in [-0.2, 0) is 0 Å². The maximum Gasteiger partial charge on any atom is 0.235 e. The molecule has 0 amide bonds. The maximum absolute atomic E-state index is 11.1. The fourth-order valence-corrected chi connectivity index (χ4v) is 0.913. The maximum atomic E-state index is 11.1. The van der Waals surface area contributed by atoms with Gasteiger partial charge in [0.05, 0.1) is 0 Å². The quantitative estimate of drug-likeness (QED) is 0.367. The first-order valence-corrected chi connectivity index (χ1v) is 3.84. The van der Waals surface area contributed by atoms with Gasteiger partial charge in [-0.15, -0.1) is 0 Å². The predicted octanol–water partition coefficient (Wildman–Crippen LogP) is 2.55. The van der Waals surface area contributed by atoms with Gasteiger partial charge in [0.15, 0.2) is 0 Å². The van der Waals surface area contributed by atoms with Crippen molar-refractivity contribution in [1.29, 1.82) is 0 Å². The van der Waals surface area contributed by atoms with Crippen molar-refractivity contribution in [3.63, 3.8) is 0 Å². The molecule has 0 aromatic heterocycles. The van der Waals surface area contributed by atoms with Crippen LogP contribution in [0.1, 0.15) is 17.3 Å². The number of ketones is 1. The van der Waals surface area contributed by atoms with E-state index in [0.29, 0.717) is 10.6 Å². The van der Waals surface area contributed by atoms with Crippen LogP contribution in [0.2, 0.25) is 5.02 Å². The summed E-state index contributed by atoms with van der Waals surface area (Å²) >= 11 is 5.65. The Kier molecular flexibility index (Phi) is 2.90. The monoisotopic (exact) mass is 178 g/mol. The number of carbonyl (C=O) groups is 1. The molecule has 0 unspecified atom stereocenters. The molecule has 1 aromatic rings. The molecule has 0 aliphatic rings. The summed E-state index contributed by atoms with van der Waals surface area (Å²) in [5, 5.41) is 0.621. The van der Waals surface area contributed by atoms with E-state index in [1.54, 1.807) is 31.2 Å². The molecular weight excluding hydrogens is 172 g/mol. The highest BCUT2D eigenvalue weighted by molar-refractivity contribution is 6.30. The summed E-state index contributed by atoms with van der Waals surface area (Å²) in [5.74, 6) is 4.83. The average molecular weight is 179 g/mol. The molecule has 0 atom stereocenters. The van der Waals surface area contributed by atoms with Gasteiger partial charge in [-0.2, -0.15) is 0 Å². The molecule has 12 heavy (non-hydrogen) atoms. The second-order valence-electron chi connectivity index (χ2n) is 2.21. The van der Waals surface area contributed by atoms with E-state index < -0.39 is 0 Å². The molecule has 1 rings (SSSR count). The van der Waals surface area contributed by atoms with E-state index in [1.807, 2.05) is 0 Å². The molecule has 0 heterocycles. The Labute approximate surface area is 76.4 Å². The minimum absolute atomic E-state index is 0.172. The van der Waals surface area contributed by atoms with Crippen molar-refractivity contribution in [2.75, 3.05) is 0 Å². The minimum Gasteiger partial charge on any atom is -0.279 e. The first kappa shape index (κ1) is 8.83. The molecule has 0 fully saturated rings. The lowest BCUT2D eigenvalue weighted by Gasteiger charge is -1.92. The molecule has 0 aliphatic heterocycles. The zero-order chi connectivity index (χ0) is 8.97. The molecule has 0 saturated carbocycles. The molecule has 2 heteroatoms. The van der Waals surface area contributed by atoms with E-state index in [-0.39, 0.29) is 5.78 Å². The standard InChI is InChI=1S/C10H7ClO/c1-2-3-10(12)8-4-6-9(11)7-5-8/h4-7H,1H3. The highest BCUT2D eigenvalue weighted by atomic mass is 35.5. The Morgan fingerprint density at radius 1 is 1.33 bits per heavy atom. The smallest absolute Gasteiger partial charge is 0.235 e. The third-order valence-electron chi connectivity index (χ3n) is 1.34. The van der Waals surface area contributed by atoms with Gasteiger partial charge >= 0.3 is 0 Å². The summed E-state index contributed by atoms with van der Waals surface area (Å²) in [5.41, 5.74) is 0.578. The second-order valence-corrected chi connectivity index (χ2v) is 2.65. The first-order chi connectivity index (χ1) is 5.74. The third kappa shape index (κ3) is 2.11. The van der Waals surface area contributed by atoms with E-state index in [9.17, 15) is 4.79 Å². The van der Waals surface area contributed by atoms with Gasteiger partial charge < -0.3 is 0 Å². The van der Waals surface area contributed by atoms with E-state index >= 15 is 0 Å². The zero-order valence-electron chi connectivity index (χ0n) is 6.60. The molecule has 1 nitrogen and oxygen atoms in total. The van der Waals surface area contributed by atoms with Crippen LogP contribution in [0.25, 0.3) is 0 Å². The van der Waals surface area contributed by atoms with Crippen molar-refractivity contribution in [2.45, 2.75) is 6.92 Å². The van der Waals surface area contributed by atoms with Crippen molar-refractivity contribution in [2.24, 2.45) is 0 Å². The zero-order valence-corrected chi connectivity index (χ0v) is 7.35. The van der Waals surface area contributed by atoms with Crippen LogP contribution < -0.4 is 0 Å². The van der Waals surface area contributed by atoms with Gasteiger partial charge in [0.25, 0.3) is 0 Å².